The molecule has 2 aliphatic rings. The third kappa shape index (κ3) is 4.53. The molecule has 0 radical (unpaired) electrons. The molecule has 0 aromatic carbocycles. The van der Waals surface area contributed by atoms with Gasteiger partial charge in [-0.2, -0.15) is 12.7 Å². The van der Waals surface area contributed by atoms with Crippen molar-refractivity contribution in [2.24, 2.45) is 0 Å². The second-order valence-electron chi connectivity index (χ2n) is 5.79. The van der Waals surface area contributed by atoms with Crippen molar-refractivity contribution in [2.45, 2.75) is 12.8 Å². The topological polar surface area (TPSA) is 99.7 Å². The molecule has 0 aliphatic carbocycles. The van der Waals surface area contributed by atoms with Gasteiger partial charge in [0.25, 0.3) is 10.2 Å². The quantitative estimate of drug-likeness (QED) is 0.645. The molecule has 1 aromatic rings. The minimum Gasteiger partial charge on any atom is -0.378 e. The molecule has 1 aromatic heterocycles. The number of ether oxygens (including phenoxy) is 1. The molecule has 9 nitrogen and oxygen atoms in total. The Morgan fingerprint density at radius 2 is 1.83 bits per heavy atom. The summed E-state index contributed by atoms with van der Waals surface area (Å²) in [7, 11) is -3.35. The fourth-order valence-electron chi connectivity index (χ4n) is 2.80. The van der Waals surface area contributed by atoms with Gasteiger partial charge in [-0.05, 0) is 12.8 Å². The fraction of sp³-hybridized carbons (Fsp3) is 0.714. The maximum absolute atomic E-state index is 12.0. The zero-order chi connectivity index (χ0) is 16.8. The Balaban J connectivity index is 1.46. The Morgan fingerprint density at radius 3 is 2.58 bits per heavy atom. The van der Waals surface area contributed by atoms with E-state index in [0.717, 1.165) is 31.7 Å². The Morgan fingerprint density at radius 1 is 1.08 bits per heavy atom. The van der Waals surface area contributed by atoms with Gasteiger partial charge in [0.15, 0.2) is 0 Å². The second-order valence-corrected chi connectivity index (χ2v) is 7.55. The molecular formula is C14H24N6O3S. The van der Waals surface area contributed by atoms with Gasteiger partial charge < -0.3 is 15.0 Å². The maximum Gasteiger partial charge on any atom is 0.279 e. The van der Waals surface area contributed by atoms with Gasteiger partial charge in [0.1, 0.15) is 18.0 Å². The summed E-state index contributed by atoms with van der Waals surface area (Å²) in [6.45, 7) is 5.02. The molecule has 24 heavy (non-hydrogen) atoms. The van der Waals surface area contributed by atoms with Crippen LogP contribution in [0.4, 0.5) is 11.6 Å². The summed E-state index contributed by atoms with van der Waals surface area (Å²) >= 11 is 0. The molecule has 0 unspecified atom stereocenters. The molecular weight excluding hydrogens is 332 g/mol. The lowest BCUT2D eigenvalue weighted by Crippen LogP contribution is -2.40. The van der Waals surface area contributed by atoms with Crippen LogP contribution in [-0.4, -0.2) is 75.2 Å². The molecule has 0 amide bonds. The van der Waals surface area contributed by atoms with E-state index in [-0.39, 0.29) is 0 Å². The standard InChI is InChI=1S/C14H24N6O3S/c21-24(22,20-5-1-2-6-20)18-4-3-15-13-11-14(17-12-16-13)19-7-9-23-10-8-19/h11-12,18H,1-10H2,(H,15,16,17). The van der Waals surface area contributed by atoms with Gasteiger partial charge in [-0.3, -0.25) is 0 Å². The Bertz CT molecular complexity index is 629. The van der Waals surface area contributed by atoms with Crippen LogP contribution in [0.3, 0.4) is 0 Å². The van der Waals surface area contributed by atoms with Gasteiger partial charge in [-0.25, -0.2) is 14.7 Å². The SMILES string of the molecule is O=S(=O)(NCCNc1cc(N2CCOCC2)ncn1)N1CCCC1. The van der Waals surface area contributed by atoms with Gasteiger partial charge in [-0.1, -0.05) is 0 Å². The van der Waals surface area contributed by atoms with Crippen molar-refractivity contribution in [1.82, 2.24) is 19.0 Å². The average molecular weight is 356 g/mol. The zero-order valence-corrected chi connectivity index (χ0v) is 14.5. The van der Waals surface area contributed by atoms with E-state index in [1.807, 2.05) is 6.07 Å². The maximum atomic E-state index is 12.0. The predicted molar refractivity (Wildman–Crippen MR) is 91.3 cm³/mol. The van der Waals surface area contributed by atoms with Crippen molar-refractivity contribution in [3.8, 4) is 0 Å². The lowest BCUT2D eigenvalue weighted by Gasteiger charge is -2.27. The van der Waals surface area contributed by atoms with E-state index in [4.69, 9.17) is 4.74 Å². The molecule has 0 bridgehead atoms. The molecule has 3 heterocycles. The predicted octanol–water partition coefficient (Wildman–Crippen LogP) is -0.345. The number of nitrogens with one attached hydrogen (secondary N) is 2. The number of anilines is 2. The van der Waals surface area contributed by atoms with Crippen LogP contribution in [0.1, 0.15) is 12.8 Å². The second kappa shape index (κ2) is 8.06. The Labute approximate surface area is 142 Å². The van der Waals surface area contributed by atoms with E-state index in [1.54, 1.807) is 0 Å². The Hall–Kier alpha value is -1.49. The van der Waals surface area contributed by atoms with Gasteiger partial charge in [0.05, 0.1) is 13.2 Å². The number of hydrogen-bond donors (Lipinski definition) is 2. The summed E-state index contributed by atoms with van der Waals surface area (Å²) in [6, 6.07) is 1.88. The molecule has 3 rings (SSSR count). The van der Waals surface area contributed by atoms with Crippen LogP contribution in [0.2, 0.25) is 0 Å². The van der Waals surface area contributed by atoms with Gasteiger partial charge in [0, 0.05) is 45.3 Å². The van der Waals surface area contributed by atoms with Crippen LogP contribution in [0, 0.1) is 0 Å². The van der Waals surface area contributed by atoms with E-state index in [0.29, 0.717) is 45.2 Å². The lowest BCUT2D eigenvalue weighted by atomic mass is 10.4. The number of aromatic nitrogens is 2. The number of nitrogens with zero attached hydrogens (tertiary/aromatic N) is 4. The summed E-state index contributed by atoms with van der Waals surface area (Å²) in [4.78, 5) is 10.6. The summed E-state index contributed by atoms with van der Waals surface area (Å²) in [5.41, 5.74) is 0. The highest BCUT2D eigenvalue weighted by Crippen LogP contribution is 2.15. The van der Waals surface area contributed by atoms with Crippen molar-refractivity contribution in [3.63, 3.8) is 0 Å². The summed E-state index contributed by atoms with van der Waals surface area (Å²) in [6.07, 6.45) is 3.39. The minimum absolute atomic E-state index is 0.315. The van der Waals surface area contributed by atoms with Gasteiger partial charge in [-0.15, -0.1) is 0 Å². The van der Waals surface area contributed by atoms with Crippen molar-refractivity contribution in [3.05, 3.63) is 12.4 Å². The summed E-state index contributed by atoms with van der Waals surface area (Å²) in [5.74, 6) is 1.54. The van der Waals surface area contributed by atoms with Crippen LogP contribution < -0.4 is 14.9 Å². The minimum atomic E-state index is -3.35. The van der Waals surface area contributed by atoms with E-state index < -0.39 is 10.2 Å². The first-order chi connectivity index (χ1) is 11.6. The van der Waals surface area contributed by atoms with Crippen LogP contribution >= 0.6 is 0 Å². The normalized spacial score (nSPS) is 19.6. The van der Waals surface area contributed by atoms with Crippen molar-refractivity contribution < 1.29 is 13.2 Å². The smallest absolute Gasteiger partial charge is 0.279 e. The van der Waals surface area contributed by atoms with E-state index in [1.165, 1.54) is 10.6 Å². The molecule has 10 heteroatoms. The average Bonchev–Trinajstić information content (AvgIpc) is 3.16. The summed E-state index contributed by atoms with van der Waals surface area (Å²) < 4.78 is 33.5. The number of morpholine rings is 1. The van der Waals surface area contributed by atoms with Crippen LogP contribution in [0.15, 0.2) is 12.4 Å². The van der Waals surface area contributed by atoms with Gasteiger partial charge >= 0.3 is 0 Å². The van der Waals surface area contributed by atoms with Crippen LogP contribution in [-0.2, 0) is 14.9 Å². The first kappa shape index (κ1) is 17.3. The number of rotatable bonds is 7. The van der Waals surface area contributed by atoms with Crippen molar-refractivity contribution in [2.75, 3.05) is 62.7 Å². The fourth-order valence-corrected chi connectivity index (χ4v) is 4.08. The third-order valence-electron chi connectivity index (χ3n) is 4.11. The van der Waals surface area contributed by atoms with Crippen molar-refractivity contribution >= 4 is 21.8 Å². The molecule has 2 saturated heterocycles. The molecule has 0 saturated carbocycles. The highest BCUT2D eigenvalue weighted by atomic mass is 32.2. The molecule has 0 spiro atoms. The first-order valence-corrected chi connectivity index (χ1v) is 9.72. The highest BCUT2D eigenvalue weighted by Gasteiger charge is 2.24. The third-order valence-corrected chi connectivity index (χ3v) is 5.72. The molecule has 2 N–H and O–H groups in total. The summed E-state index contributed by atoms with van der Waals surface area (Å²) in [5, 5.41) is 3.13. The monoisotopic (exact) mass is 356 g/mol. The molecule has 2 fully saturated rings. The van der Waals surface area contributed by atoms with Crippen LogP contribution in [0.25, 0.3) is 0 Å². The molecule has 0 atom stereocenters. The van der Waals surface area contributed by atoms with E-state index >= 15 is 0 Å². The Kier molecular flexibility index (Phi) is 5.82. The number of hydrogen-bond acceptors (Lipinski definition) is 7. The van der Waals surface area contributed by atoms with Gasteiger partial charge in [0.2, 0.25) is 0 Å². The molecule has 2 aliphatic heterocycles. The zero-order valence-electron chi connectivity index (χ0n) is 13.6. The van der Waals surface area contributed by atoms with Crippen LogP contribution in [0.5, 0.6) is 0 Å². The largest absolute Gasteiger partial charge is 0.378 e. The van der Waals surface area contributed by atoms with E-state index in [2.05, 4.69) is 24.9 Å². The van der Waals surface area contributed by atoms with Crippen molar-refractivity contribution in [1.29, 1.82) is 0 Å². The lowest BCUT2D eigenvalue weighted by molar-refractivity contribution is 0.122. The van der Waals surface area contributed by atoms with E-state index in [9.17, 15) is 8.42 Å². The highest BCUT2D eigenvalue weighted by molar-refractivity contribution is 7.87. The molecule has 134 valence electrons. The first-order valence-electron chi connectivity index (χ1n) is 8.28.